The standard InChI is InChI=1S/C18H31N/c1-3-4-5-6-7-8-9-10-14-17-19(2)18-15-12-11-13-16-18/h11-13,15-16H,3-10,14,17H2,1-2H3. The molecule has 0 heterocycles. The summed E-state index contributed by atoms with van der Waals surface area (Å²) in [6.45, 7) is 3.46. The van der Waals surface area contributed by atoms with Crippen molar-refractivity contribution in [1.29, 1.82) is 0 Å². The maximum Gasteiger partial charge on any atom is 0.0363 e. The lowest BCUT2D eigenvalue weighted by atomic mass is 10.1. The van der Waals surface area contributed by atoms with Crippen LogP contribution in [0.3, 0.4) is 0 Å². The van der Waals surface area contributed by atoms with E-state index in [1.165, 1.54) is 70.0 Å². The van der Waals surface area contributed by atoms with Gasteiger partial charge in [-0.3, -0.25) is 0 Å². The molecule has 0 saturated carbocycles. The van der Waals surface area contributed by atoms with Gasteiger partial charge in [-0.05, 0) is 18.6 Å². The van der Waals surface area contributed by atoms with Crippen molar-refractivity contribution in [1.82, 2.24) is 0 Å². The lowest BCUT2D eigenvalue weighted by molar-refractivity contribution is 0.565. The summed E-state index contributed by atoms with van der Waals surface area (Å²) < 4.78 is 0. The predicted molar refractivity (Wildman–Crippen MR) is 86.9 cm³/mol. The average Bonchev–Trinajstić information content (AvgIpc) is 2.46. The summed E-state index contributed by atoms with van der Waals surface area (Å²) in [7, 11) is 2.19. The van der Waals surface area contributed by atoms with Crippen molar-refractivity contribution < 1.29 is 0 Å². The smallest absolute Gasteiger partial charge is 0.0363 e. The Kier molecular flexibility index (Phi) is 9.22. The van der Waals surface area contributed by atoms with Crippen LogP contribution in [0.2, 0.25) is 0 Å². The lowest BCUT2D eigenvalue weighted by Gasteiger charge is -2.18. The third kappa shape index (κ3) is 7.92. The molecule has 0 aliphatic carbocycles. The number of hydrogen-bond donors (Lipinski definition) is 0. The van der Waals surface area contributed by atoms with Gasteiger partial charge in [0.05, 0.1) is 0 Å². The van der Waals surface area contributed by atoms with E-state index in [9.17, 15) is 0 Å². The summed E-state index contributed by atoms with van der Waals surface area (Å²) in [4.78, 5) is 2.36. The zero-order valence-corrected chi connectivity index (χ0v) is 12.9. The van der Waals surface area contributed by atoms with Gasteiger partial charge in [-0.15, -0.1) is 0 Å². The van der Waals surface area contributed by atoms with Crippen LogP contribution in [-0.4, -0.2) is 13.6 Å². The van der Waals surface area contributed by atoms with Crippen LogP contribution < -0.4 is 4.90 Å². The molecular formula is C18H31N. The van der Waals surface area contributed by atoms with E-state index in [4.69, 9.17) is 0 Å². The van der Waals surface area contributed by atoms with Crippen LogP contribution in [0.1, 0.15) is 64.7 Å². The van der Waals surface area contributed by atoms with Gasteiger partial charge in [0.2, 0.25) is 0 Å². The molecule has 0 aromatic heterocycles. The molecular weight excluding hydrogens is 230 g/mol. The van der Waals surface area contributed by atoms with Crippen LogP contribution in [0.25, 0.3) is 0 Å². The van der Waals surface area contributed by atoms with Crippen LogP contribution >= 0.6 is 0 Å². The second kappa shape index (κ2) is 10.9. The van der Waals surface area contributed by atoms with Gasteiger partial charge in [0.1, 0.15) is 0 Å². The van der Waals surface area contributed by atoms with Crippen LogP contribution in [-0.2, 0) is 0 Å². The van der Waals surface area contributed by atoms with Gasteiger partial charge < -0.3 is 4.90 Å². The molecule has 0 aliphatic heterocycles. The maximum atomic E-state index is 2.36. The number of nitrogens with zero attached hydrogens (tertiary/aromatic N) is 1. The van der Waals surface area contributed by atoms with Crippen molar-refractivity contribution >= 4 is 5.69 Å². The van der Waals surface area contributed by atoms with Gasteiger partial charge >= 0.3 is 0 Å². The Hall–Kier alpha value is -0.980. The minimum absolute atomic E-state index is 1.18. The van der Waals surface area contributed by atoms with Gasteiger partial charge in [-0.25, -0.2) is 0 Å². The fourth-order valence-electron chi connectivity index (χ4n) is 2.47. The molecule has 1 aromatic carbocycles. The Morgan fingerprint density at radius 1 is 0.737 bits per heavy atom. The Labute approximate surface area is 120 Å². The quantitative estimate of drug-likeness (QED) is 0.465. The third-order valence-corrected chi connectivity index (χ3v) is 3.79. The number of anilines is 1. The molecule has 1 nitrogen and oxygen atoms in total. The van der Waals surface area contributed by atoms with Crippen LogP contribution in [0.15, 0.2) is 30.3 Å². The molecule has 0 spiro atoms. The molecule has 19 heavy (non-hydrogen) atoms. The van der Waals surface area contributed by atoms with Gasteiger partial charge in [0.15, 0.2) is 0 Å². The molecule has 0 atom stereocenters. The molecule has 1 heteroatoms. The summed E-state index contributed by atoms with van der Waals surface area (Å²) in [5.74, 6) is 0. The van der Waals surface area contributed by atoms with Gasteiger partial charge in [0.25, 0.3) is 0 Å². The van der Waals surface area contributed by atoms with Gasteiger partial charge in [0, 0.05) is 19.3 Å². The topological polar surface area (TPSA) is 3.24 Å². The van der Waals surface area contributed by atoms with Gasteiger partial charge in [-0.2, -0.15) is 0 Å². The molecule has 1 aromatic rings. The molecule has 108 valence electrons. The summed E-state index contributed by atoms with van der Waals surface area (Å²) in [5, 5.41) is 0. The van der Waals surface area contributed by atoms with E-state index in [0.717, 1.165) is 0 Å². The number of benzene rings is 1. The first-order chi connectivity index (χ1) is 9.34. The van der Waals surface area contributed by atoms with E-state index in [2.05, 4.69) is 49.2 Å². The minimum Gasteiger partial charge on any atom is -0.375 e. The normalized spacial score (nSPS) is 10.6. The van der Waals surface area contributed by atoms with E-state index in [1.807, 2.05) is 0 Å². The summed E-state index contributed by atoms with van der Waals surface area (Å²) in [5.41, 5.74) is 1.34. The molecule has 1 rings (SSSR count). The number of hydrogen-bond acceptors (Lipinski definition) is 1. The largest absolute Gasteiger partial charge is 0.375 e. The van der Waals surface area contributed by atoms with E-state index in [-0.39, 0.29) is 0 Å². The molecule has 0 N–H and O–H groups in total. The maximum absolute atomic E-state index is 2.36. The highest BCUT2D eigenvalue weighted by atomic mass is 15.1. The van der Waals surface area contributed by atoms with E-state index in [1.54, 1.807) is 0 Å². The fraction of sp³-hybridized carbons (Fsp3) is 0.667. The predicted octanol–water partition coefficient (Wildman–Crippen LogP) is 5.65. The Morgan fingerprint density at radius 2 is 1.26 bits per heavy atom. The molecule has 0 aliphatic rings. The molecule has 0 bridgehead atoms. The zero-order chi connectivity index (χ0) is 13.8. The van der Waals surface area contributed by atoms with Crippen LogP contribution in [0, 0.1) is 0 Å². The second-order valence-electron chi connectivity index (χ2n) is 5.59. The number of para-hydroxylation sites is 1. The Balaban J connectivity index is 1.93. The fourth-order valence-corrected chi connectivity index (χ4v) is 2.47. The molecule has 0 amide bonds. The van der Waals surface area contributed by atoms with E-state index >= 15 is 0 Å². The second-order valence-corrected chi connectivity index (χ2v) is 5.59. The van der Waals surface area contributed by atoms with E-state index < -0.39 is 0 Å². The van der Waals surface area contributed by atoms with Crippen molar-refractivity contribution in [3.8, 4) is 0 Å². The highest BCUT2D eigenvalue weighted by Crippen LogP contribution is 2.13. The highest BCUT2D eigenvalue weighted by molar-refractivity contribution is 5.44. The van der Waals surface area contributed by atoms with Crippen molar-refractivity contribution in [2.75, 3.05) is 18.5 Å². The summed E-state index contributed by atoms with van der Waals surface area (Å²) in [6.07, 6.45) is 12.6. The van der Waals surface area contributed by atoms with Crippen LogP contribution in [0.5, 0.6) is 0 Å². The highest BCUT2D eigenvalue weighted by Gasteiger charge is 1.99. The first-order valence-corrected chi connectivity index (χ1v) is 8.10. The van der Waals surface area contributed by atoms with Gasteiger partial charge in [-0.1, -0.05) is 76.5 Å². The monoisotopic (exact) mass is 261 g/mol. The van der Waals surface area contributed by atoms with Crippen molar-refractivity contribution in [3.63, 3.8) is 0 Å². The van der Waals surface area contributed by atoms with Crippen molar-refractivity contribution in [2.45, 2.75) is 64.7 Å². The number of rotatable bonds is 11. The van der Waals surface area contributed by atoms with Crippen molar-refractivity contribution in [3.05, 3.63) is 30.3 Å². The Morgan fingerprint density at radius 3 is 1.84 bits per heavy atom. The summed E-state index contributed by atoms with van der Waals surface area (Å²) >= 11 is 0. The SMILES string of the molecule is CCCCCCCCCCCN(C)c1ccccc1. The minimum atomic E-state index is 1.18. The number of unbranched alkanes of at least 4 members (excludes halogenated alkanes) is 8. The summed E-state index contributed by atoms with van der Waals surface area (Å²) in [6, 6.07) is 10.7. The average molecular weight is 261 g/mol. The Bertz CT molecular complexity index is 294. The molecule has 0 unspecified atom stereocenters. The zero-order valence-electron chi connectivity index (χ0n) is 12.9. The first-order valence-electron chi connectivity index (χ1n) is 8.10. The van der Waals surface area contributed by atoms with E-state index in [0.29, 0.717) is 0 Å². The van der Waals surface area contributed by atoms with Crippen molar-refractivity contribution in [2.24, 2.45) is 0 Å². The molecule has 0 radical (unpaired) electrons. The molecule has 0 fully saturated rings. The van der Waals surface area contributed by atoms with Crippen LogP contribution in [0.4, 0.5) is 5.69 Å². The first kappa shape index (κ1) is 16.1. The lowest BCUT2D eigenvalue weighted by Crippen LogP contribution is -2.18. The third-order valence-electron chi connectivity index (χ3n) is 3.79. The molecule has 0 saturated heterocycles.